The van der Waals surface area contributed by atoms with Crippen LogP contribution in [0.3, 0.4) is 0 Å². The Morgan fingerprint density at radius 1 is 1.47 bits per heavy atom. The van der Waals surface area contributed by atoms with E-state index < -0.39 is 23.0 Å². The molecule has 1 aromatic rings. The standard InChI is InChI=1S/C11H12N2O5S/c14-7-5-9(11(15)16)12(6-7)19-10-4-2-1-3-8(10)13(17)18/h1-4,7,9,14H,5-6H2,(H,15,16)/t7-,9-/m0/s1. The Balaban J connectivity index is 2.21. The summed E-state index contributed by atoms with van der Waals surface area (Å²) in [7, 11) is 0. The van der Waals surface area contributed by atoms with Gasteiger partial charge in [-0.05, 0) is 18.0 Å². The Labute approximate surface area is 113 Å². The predicted molar refractivity (Wildman–Crippen MR) is 67.7 cm³/mol. The summed E-state index contributed by atoms with van der Waals surface area (Å²) in [5.41, 5.74) is -0.0713. The predicted octanol–water partition coefficient (Wildman–Crippen LogP) is 1.12. The Hall–Kier alpha value is -1.64. The second kappa shape index (κ2) is 5.55. The van der Waals surface area contributed by atoms with Crippen LogP contribution in [0.2, 0.25) is 0 Å². The molecule has 1 aliphatic heterocycles. The molecule has 2 atom stereocenters. The summed E-state index contributed by atoms with van der Waals surface area (Å²) in [6.07, 6.45) is -0.598. The van der Waals surface area contributed by atoms with E-state index in [9.17, 15) is 20.0 Å². The van der Waals surface area contributed by atoms with Gasteiger partial charge in [-0.2, -0.15) is 0 Å². The van der Waals surface area contributed by atoms with Crippen LogP contribution in [0.1, 0.15) is 6.42 Å². The van der Waals surface area contributed by atoms with Crippen LogP contribution in [0.25, 0.3) is 0 Å². The van der Waals surface area contributed by atoms with Gasteiger partial charge in [0.05, 0.1) is 11.0 Å². The highest BCUT2D eigenvalue weighted by atomic mass is 32.2. The first-order chi connectivity index (χ1) is 8.99. The minimum absolute atomic E-state index is 0.0713. The molecular weight excluding hydrogens is 272 g/mol. The normalized spacial score (nSPS) is 23.4. The number of carboxylic acids is 1. The molecule has 0 amide bonds. The van der Waals surface area contributed by atoms with Crippen molar-refractivity contribution in [2.24, 2.45) is 0 Å². The third kappa shape index (κ3) is 3.03. The number of nitrogens with zero attached hydrogens (tertiary/aromatic N) is 2. The van der Waals surface area contributed by atoms with Crippen molar-refractivity contribution in [3.8, 4) is 0 Å². The average Bonchev–Trinajstić information content (AvgIpc) is 2.71. The molecule has 0 unspecified atom stereocenters. The minimum atomic E-state index is -1.04. The van der Waals surface area contributed by atoms with E-state index in [1.54, 1.807) is 18.2 Å². The van der Waals surface area contributed by atoms with E-state index >= 15 is 0 Å². The fourth-order valence-electron chi connectivity index (χ4n) is 1.92. The molecule has 1 fully saturated rings. The van der Waals surface area contributed by atoms with Crippen molar-refractivity contribution in [2.45, 2.75) is 23.5 Å². The van der Waals surface area contributed by atoms with E-state index in [2.05, 4.69) is 0 Å². The van der Waals surface area contributed by atoms with Crippen LogP contribution in [-0.2, 0) is 4.79 Å². The molecule has 0 spiro atoms. The van der Waals surface area contributed by atoms with Crippen LogP contribution >= 0.6 is 11.9 Å². The van der Waals surface area contributed by atoms with Gasteiger partial charge in [0.25, 0.3) is 5.69 Å². The topological polar surface area (TPSA) is 104 Å². The lowest BCUT2D eigenvalue weighted by Crippen LogP contribution is -2.30. The largest absolute Gasteiger partial charge is 0.480 e. The van der Waals surface area contributed by atoms with Gasteiger partial charge in [0, 0.05) is 19.0 Å². The summed E-state index contributed by atoms with van der Waals surface area (Å²) >= 11 is 0.997. The zero-order chi connectivity index (χ0) is 14.0. The Bertz CT molecular complexity index is 510. The average molecular weight is 284 g/mol. The molecule has 2 N–H and O–H groups in total. The highest BCUT2D eigenvalue weighted by Crippen LogP contribution is 2.36. The van der Waals surface area contributed by atoms with Crippen molar-refractivity contribution in [2.75, 3.05) is 6.54 Å². The summed E-state index contributed by atoms with van der Waals surface area (Å²) in [6.45, 7) is 0.174. The van der Waals surface area contributed by atoms with E-state index in [1.807, 2.05) is 0 Å². The lowest BCUT2D eigenvalue weighted by molar-refractivity contribution is -0.387. The number of hydrogen-bond acceptors (Lipinski definition) is 6. The van der Waals surface area contributed by atoms with Gasteiger partial charge in [-0.15, -0.1) is 0 Å². The first-order valence-corrected chi connectivity index (χ1v) is 6.35. The summed E-state index contributed by atoms with van der Waals surface area (Å²) in [5.74, 6) is -1.04. The zero-order valence-electron chi connectivity index (χ0n) is 9.80. The van der Waals surface area contributed by atoms with Crippen molar-refractivity contribution in [1.82, 2.24) is 4.31 Å². The van der Waals surface area contributed by atoms with Crippen LogP contribution in [0.15, 0.2) is 29.2 Å². The van der Waals surface area contributed by atoms with Crippen LogP contribution in [0.5, 0.6) is 0 Å². The fraction of sp³-hybridized carbons (Fsp3) is 0.364. The van der Waals surface area contributed by atoms with Gasteiger partial charge in [0.15, 0.2) is 0 Å². The van der Waals surface area contributed by atoms with Crippen LogP contribution < -0.4 is 0 Å². The van der Waals surface area contributed by atoms with Crippen LogP contribution in [0.4, 0.5) is 5.69 Å². The summed E-state index contributed by atoms with van der Waals surface area (Å²) in [5, 5.41) is 29.5. The number of nitro groups is 1. The van der Waals surface area contributed by atoms with Crippen molar-refractivity contribution in [3.63, 3.8) is 0 Å². The number of nitro benzene ring substituents is 1. The maximum absolute atomic E-state index is 11.1. The number of aliphatic hydroxyl groups is 1. The molecule has 1 aliphatic rings. The van der Waals surface area contributed by atoms with Crippen molar-refractivity contribution < 1.29 is 19.9 Å². The van der Waals surface area contributed by atoms with Gasteiger partial charge >= 0.3 is 5.97 Å². The Morgan fingerprint density at radius 2 is 2.16 bits per heavy atom. The smallest absolute Gasteiger partial charge is 0.321 e. The second-order valence-electron chi connectivity index (χ2n) is 4.16. The molecule has 8 heteroatoms. The lowest BCUT2D eigenvalue weighted by Gasteiger charge is -2.18. The molecule has 1 saturated heterocycles. The van der Waals surface area contributed by atoms with E-state index in [-0.39, 0.29) is 18.7 Å². The number of para-hydroxylation sites is 1. The molecule has 102 valence electrons. The zero-order valence-corrected chi connectivity index (χ0v) is 10.6. The molecule has 0 aromatic heterocycles. The van der Waals surface area contributed by atoms with Crippen molar-refractivity contribution in [1.29, 1.82) is 0 Å². The lowest BCUT2D eigenvalue weighted by atomic mass is 10.2. The quantitative estimate of drug-likeness (QED) is 0.485. The number of carbonyl (C=O) groups is 1. The molecule has 19 heavy (non-hydrogen) atoms. The summed E-state index contributed by atoms with van der Waals surface area (Å²) in [6, 6.07) is 5.30. The number of benzene rings is 1. The fourth-order valence-corrected chi connectivity index (χ4v) is 3.10. The number of aliphatic hydroxyl groups excluding tert-OH is 1. The molecule has 7 nitrogen and oxygen atoms in total. The second-order valence-corrected chi connectivity index (χ2v) is 5.25. The van der Waals surface area contributed by atoms with Crippen LogP contribution in [0, 0.1) is 10.1 Å². The van der Waals surface area contributed by atoms with Gasteiger partial charge in [-0.25, -0.2) is 4.31 Å². The van der Waals surface area contributed by atoms with E-state index in [1.165, 1.54) is 10.4 Å². The maximum atomic E-state index is 11.1. The van der Waals surface area contributed by atoms with Gasteiger partial charge < -0.3 is 10.2 Å². The third-order valence-electron chi connectivity index (χ3n) is 2.80. The molecule has 0 aliphatic carbocycles. The number of hydrogen-bond donors (Lipinski definition) is 2. The Kier molecular flexibility index (Phi) is 4.03. The molecule has 0 saturated carbocycles. The van der Waals surface area contributed by atoms with Crippen molar-refractivity contribution >= 4 is 23.6 Å². The number of rotatable bonds is 4. The maximum Gasteiger partial charge on any atom is 0.321 e. The first-order valence-electron chi connectivity index (χ1n) is 5.58. The highest BCUT2D eigenvalue weighted by molar-refractivity contribution is 7.97. The van der Waals surface area contributed by atoms with Crippen LogP contribution in [-0.4, -0.2) is 44.1 Å². The Morgan fingerprint density at radius 3 is 2.79 bits per heavy atom. The molecule has 1 heterocycles. The van der Waals surface area contributed by atoms with E-state index in [4.69, 9.17) is 5.11 Å². The van der Waals surface area contributed by atoms with Gasteiger partial charge in [0.2, 0.25) is 0 Å². The molecule has 2 rings (SSSR count). The van der Waals surface area contributed by atoms with E-state index in [0.29, 0.717) is 4.90 Å². The van der Waals surface area contributed by atoms with Gasteiger partial charge in [0.1, 0.15) is 10.9 Å². The number of carboxylic acid groups (broad SMARTS) is 1. The van der Waals surface area contributed by atoms with Crippen molar-refractivity contribution in [3.05, 3.63) is 34.4 Å². The first kappa shape index (κ1) is 13.8. The summed E-state index contributed by atoms with van der Waals surface area (Å²) in [4.78, 5) is 21.8. The number of β-amino-alcohol motifs (C(OH)–C–C–N with tert-alkyl or cyclic N) is 1. The third-order valence-corrected chi connectivity index (χ3v) is 3.98. The molecule has 0 bridgehead atoms. The molecule has 0 radical (unpaired) electrons. The minimum Gasteiger partial charge on any atom is -0.480 e. The van der Waals surface area contributed by atoms with Gasteiger partial charge in [-0.3, -0.25) is 14.9 Å². The van der Waals surface area contributed by atoms with Gasteiger partial charge in [-0.1, -0.05) is 12.1 Å². The number of aliphatic carboxylic acids is 1. The SMILES string of the molecule is O=C(O)[C@@H]1C[C@H](O)CN1Sc1ccccc1[N+](=O)[O-]. The molecule has 1 aromatic carbocycles. The monoisotopic (exact) mass is 284 g/mol. The van der Waals surface area contributed by atoms with E-state index in [0.717, 1.165) is 11.9 Å². The molecular formula is C11H12N2O5S. The highest BCUT2D eigenvalue weighted by Gasteiger charge is 2.37. The summed E-state index contributed by atoms with van der Waals surface area (Å²) < 4.78 is 1.47.